The Morgan fingerprint density at radius 1 is 0.851 bits per heavy atom. The van der Waals surface area contributed by atoms with E-state index in [9.17, 15) is 38.3 Å². The highest BCUT2D eigenvalue weighted by atomic mass is 19.1. The summed E-state index contributed by atoms with van der Waals surface area (Å²) in [6, 6.07) is 9.79. The Hall–Kier alpha value is -4.85. The normalized spacial score (nSPS) is 22.3. The summed E-state index contributed by atoms with van der Waals surface area (Å²) in [7, 11) is 0. The number of carbonyl (C=O) groups excluding carboxylic acids is 6. The monoisotopic (exact) mass is 654 g/mol. The molecular weight excluding hydrogens is 611 g/mol. The summed E-state index contributed by atoms with van der Waals surface area (Å²) in [4.78, 5) is 80.3. The van der Waals surface area contributed by atoms with Crippen molar-refractivity contribution in [2.24, 2.45) is 5.92 Å². The van der Waals surface area contributed by atoms with Gasteiger partial charge in [0.15, 0.2) is 0 Å². The van der Waals surface area contributed by atoms with Crippen molar-refractivity contribution in [2.45, 2.75) is 64.2 Å². The van der Waals surface area contributed by atoms with Crippen molar-refractivity contribution in [1.82, 2.24) is 31.5 Å². The van der Waals surface area contributed by atoms with Crippen LogP contribution in [0.2, 0.25) is 0 Å². The van der Waals surface area contributed by atoms with Crippen LogP contribution >= 0.6 is 0 Å². The molecule has 14 heteroatoms. The zero-order chi connectivity index (χ0) is 34.5. The number of amides is 6. The first-order chi connectivity index (χ1) is 22.4. The fourth-order valence-electron chi connectivity index (χ4n) is 4.91. The second-order valence-electron chi connectivity index (χ2n) is 11.7. The Morgan fingerprint density at radius 2 is 1.51 bits per heavy atom. The predicted octanol–water partition coefficient (Wildman–Crippen LogP) is -0.433. The molecule has 1 aliphatic rings. The van der Waals surface area contributed by atoms with Crippen molar-refractivity contribution in [3.63, 3.8) is 0 Å². The lowest BCUT2D eigenvalue weighted by atomic mass is 10.0. The molecule has 2 aromatic rings. The number of carbonyl (C=O) groups is 6. The summed E-state index contributed by atoms with van der Waals surface area (Å²) in [5.41, 5.74) is 1.44. The first-order valence-corrected chi connectivity index (χ1v) is 15.5. The largest absolute Gasteiger partial charge is 0.394 e. The molecule has 0 spiro atoms. The molecule has 13 nitrogen and oxygen atoms in total. The lowest BCUT2D eigenvalue weighted by Crippen LogP contribution is -2.60. The van der Waals surface area contributed by atoms with E-state index in [2.05, 4.69) is 26.6 Å². The van der Waals surface area contributed by atoms with Gasteiger partial charge in [-0.1, -0.05) is 56.3 Å². The Labute approximate surface area is 273 Å². The number of benzene rings is 2. The Kier molecular flexibility index (Phi) is 13.8. The average Bonchev–Trinajstić information content (AvgIpc) is 3.04. The van der Waals surface area contributed by atoms with Gasteiger partial charge in [-0.25, -0.2) is 4.39 Å². The first-order valence-electron chi connectivity index (χ1n) is 15.5. The topological polar surface area (TPSA) is 186 Å². The van der Waals surface area contributed by atoms with E-state index in [0.29, 0.717) is 5.56 Å². The van der Waals surface area contributed by atoms with Crippen LogP contribution in [0.4, 0.5) is 4.39 Å². The SMILES string of the molecule is CC(C)[C@H]1NC(=O)CN(C(=O)CCc2ccc(F)cc2)CCNC(=O)[C@@H](Cc2ccccc2)NC(=O)[C@H](CO)NC(=O)[C@H](C)NC1=O. The highest BCUT2D eigenvalue weighted by Crippen LogP contribution is 2.09. The van der Waals surface area contributed by atoms with Crippen molar-refractivity contribution in [1.29, 1.82) is 0 Å². The minimum Gasteiger partial charge on any atom is -0.394 e. The van der Waals surface area contributed by atoms with Crippen LogP contribution in [0, 0.1) is 11.7 Å². The molecule has 0 saturated carbocycles. The van der Waals surface area contributed by atoms with E-state index < -0.39 is 84.5 Å². The van der Waals surface area contributed by atoms with Gasteiger partial charge < -0.3 is 36.6 Å². The molecule has 0 unspecified atom stereocenters. The molecule has 254 valence electrons. The molecule has 0 bridgehead atoms. The summed E-state index contributed by atoms with van der Waals surface area (Å²) in [5, 5.41) is 22.7. The molecular formula is C33H43FN6O7. The number of aryl methyl sites for hydroxylation is 1. The van der Waals surface area contributed by atoms with Gasteiger partial charge in [0.1, 0.15) is 30.0 Å². The first kappa shape index (κ1) is 36.6. The molecule has 6 amide bonds. The summed E-state index contributed by atoms with van der Waals surface area (Å²) >= 11 is 0. The molecule has 1 aliphatic heterocycles. The maximum absolute atomic E-state index is 13.4. The third kappa shape index (κ3) is 11.5. The number of hydrogen-bond donors (Lipinski definition) is 6. The van der Waals surface area contributed by atoms with Gasteiger partial charge in [-0.15, -0.1) is 0 Å². The number of hydrogen-bond acceptors (Lipinski definition) is 7. The van der Waals surface area contributed by atoms with Crippen LogP contribution in [0.15, 0.2) is 54.6 Å². The lowest BCUT2D eigenvalue weighted by molar-refractivity contribution is -0.138. The van der Waals surface area contributed by atoms with Crippen LogP contribution < -0.4 is 26.6 Å². The third-order valence-electron chi connectivity index (χ3n) is 7.66. The molecule has 3 rings (SSSR count). The maximum atomic E-state index is 13.4. The second kappa shape index (κ2) is 17.7. The number of rotatable bonds is 7. The van der Waals surface area contributed by atoms with Gasteiger partial charge in [-0.05, 0) is 42.5 Å². The van der Waals surface area contributed by atoms with E-state index in [1.165, 1.54) is 24.0 Å². The molecule has 1 heterocycles. The summed E-state index contributed by atoms with van der Waals surface area (Å²) in [6.45, 7) is 3.41. The summed E-state index contributed by atoms with van der Waals surface area (Å²) < 4.78 is 13.3. The quantitative estimate of drug-likeness (QED) is 0.234. The zero-order valence-corrected chi connectivity index (χ0v) is 26.8. The van der Waals surface area contributed by atoms with E-state index in [4.69, 9.17) is 0 Å². The third-order valence-corrected chi connectivity index (χ3v) is 7.66. The molecule has 0 radical (unpaired) electrons. The van der Waals surface area contributed by atoms with Crippen molar-refractivity contribution in [3.8, 4) is 0 Å². The van der Waals surface area contributed by atoms with Crippen molar-refractivity contribution in [3.05, 3.63) is 71.5 Å². The van der Waals surface area contributed by atoms with Gasteiger partial charge in [-0.3, -0.25) is 28.8 Å². The number of aliphatic hydroxyl groups excluding tert-OH is 1. The van der Waals surface area contributed by atoms with Crippen LogP contribution in [0.3, 0.4) is 0 Å². The van der Waals surface area contributed by atoms with Gasteiger partial charge in [0.2, 0.25) is 35.4 Å². The molecule has 2 aromatic carbocycles. The van der Waals surface area contributed by atoms with E-state index >= 15 is 0 Å². The molecule has 1 fully saturated rings. The minimum absolute atomic E-state index is 0.0111. The van der Waals surface area contributed by atoms with E-state index in [1.807, 2.05) is 0 Å². The van der Waals surface area contributed by atoms with E-state index in [0.717, 1.165) is 5.56 Å². The van der Waals surface area contributed by atoms with E-state index in [1.54, 1.807) is 56.3 Å². The Bertz CT molecular complexity index is 1410. The van der Waals surface area contributed by atoms with Crippen LogP contribution in [-0.4, -0.2) is 95.9 Å². The molecule has 47 heavy (non-hydrogen) atoms. The summed E-state index contributed by atoms with van der Waals surface area (Å²) in [6.07, 6.45) is 0.344. The van der Waals surface area contributed by atoms with E-state index in [-0.39, 0.29) is 32.4 Å². The fraction of sp³-hybridized carbons (Fsp3) is 0.455. The van der Waals surface area contributed by atoms with Gasteiger partial charge in [0.05, 0.1) is 13.2 Å². The zero-order valence-electron chi connectivity index (χ0n) is 26.8. The van der Waals surface area contributed by atoms with Crippen molar-refractivity contribution < 1.29 is 38.3 Å². The molecule has 0 aliphatic carbocycles. The van der Waals surface area contributed by atoms with Crippen molar-refractivity contribution in [2.75, 3.05) is 26.2 Å². The Balaban J connectivity index is 1.87. The van der Waals surface area contributed by atoms with Crippen molar-refractivity contribution >= 4 is 35.4 Å². The number of nitrogens with one attached hydrogen (secondary N) is 5. The molecule has 0 aromatic heterocycles. The maximum Gasteiger partial charge on any atom is 0.245 e. The standard InChI is InChI=1S/C33H43FN6O7/c1-20(2)29-33(47)36-21(3)30(44)38-26(19-41)32(46)37-25(17-23-7-5-4-6-8-23)31(45)35-15-16-40(18-27(42)39-29)28(43)14-11-22-9-12-24(34)13-10-22/h4-10,12-13,20-21,25-26,29,41H,11,14-19H2,1-3H3,(H,35,45)(H,36,47)(H,37,46)(H,38,44)(H,39,42)/t21-,25+,26-,29+/m0/s1. The highest BCUT2D eigenvalue weighted by Gasteiger charge is 2.31. The van der Waals surface area contributed by atoms with Crippen LogP contribution in [0.5, 0.6) is 0 Å². The second-order valence-corrected chi connectivity index (χ2v) is 11.7. The van der Waals surface area contributed by atoms with Crippen LogP contribution in [0.1, 0.15) is 38.3 Å². The van der Waals surface area contributed by atoms with Gasteiger partial charge in [-0.2, -0.15) is 0 Å². The molecule has 4 atom stereocenters. The van der Waals surface area contributed by atoms with Gasteiger partial charge in [0.25, 0.3) is 0 Å². The average molecular weight is 655 g/mol. The Morgan fingerprint density at radius 3 is 2.15 bits per heavy atom. The smallest absolute Gasteiger partial charge is 0.245 e. The molecule has 6 N–H and O–H groups in total. The minimum atomic E-state index is -1.43. The van der Waals surface area contributed by atoms with Crippen LogP contribution in [0.25, 0.3) is 0 Å². The highest BCUT2D eigenvalue weighted by molar-refractivity contribution is 5.96. The number of aliphatic hydroxyl groups is 1. The lowest BCUT2D eigenvalue weighted by Gasteiger charge is -2.28. The number of halogens is 1. The summed E-state index contributed by atoms with van der Waals surface area (Å²) in [5.74, 6) is -4.70. The fourth-order valence-corrected chi connectivity index (χ4v) is 4.91. The number of nitrogens with zero attached hydrogens (tertiary/aromatic N) is 1. The van der Waals surface area contributed by atoms with Crippen LogP contribution in [-0.2, 0) is 41.6 Å². The van der Waals surface area contributed by atoms with Gasteiger partial charge in [0, 0.05) is 25.9 Å². The molecule has 1 saturated heterocycles. The predicted molar refractivity (Wildman–Crippen MR) is 170 cm³/mol. The van der Waals surface area contributed by atoms with Gasteiger partial charge >= 0.3 is 0 Å².